The fourth-order valence-electron chi connectivity index (χ4n) is 7.42. The number of hydrogen-bond acceptors (Lipinski definition) is 3. The first-order valence-electron chi connectivity index (χ1n) is 11.1. The van der Waals surface area contributed by atoms with Crippen molar-refractivity contribution in [1.29, 1.82) is 0 Å². The third-order valence-electron chi connectivity index (χ3n) is 10.4. The Hall–Kier alpha value is -0.193. The van der Waals surface area contributed by atoms with Gasteiger partial charge in [0.1, 0.15) is 5.78 Å². The summed E-state index contributed by atoms with van der Waals surface area (Å²) in [7, 11) is -1.91. The van der Waals surface area contributed by atoms with Crippen molar-refractivity contribution in [2.24, 2.45) is 28.1 Å². The minimum Gasteiger partial charge on any atom is -0.413 e. The highest BCUT2D eigenvalue weighted by atomic mass is 28.4. The van der Waals surface area contributed by atoms with Crippen molar-refractivity contribution < 1.29 is 14.3 Å². The second-order valence-electron chi connectivity index (χ2n) is 12.5. The average molecular weight is 393 g/mol. The molecule has 0 amide bonds. The van der Waals surface area contributed by atoms with Crippen LogP contribution >= 0.6 is 0 Å². The minimum atomic E-state index is -1.91. The topological polar surface area (TPSA) is 46.5 Å². The molecule has 154 valence electrons. The number of Topliss-reactive ketones (excluding diaryl/α,β-unsaturated/α-hetero) is 1. The highest BCUT2D eigenvalue weighted by molar-refractivity contribution is 6.74. The molecule has 4 aliphatic carbocycles. The normalized spacial score (nSPS) is 48.6. The van der Waals surface area contributed by atoms with E-state index in [-0.39, 0.29) is 33.3 Å². The third kappa shape index (κ3) is 2.19. The minimum absolute atomic E-state index is 0.0797. The molecule has 4 saturated carbocycles. The third-order valence-corrected chi connectivity index (χ3v) is 14.9. The summed E-state index contributed by atoms with van der Waals surface area (Å²) in [4.78, 5) is 12.5. The average Bonchev–Trinajstić information content (AvgIpc) is 3.21. The van der Waals surface area contributed by atoms with Crippen molar-refractivity contribution >= 4 is 14.1 Å². The van der Waals surface area contributed by atoms with Gasteiger partial charge in [0.25, 0.3) is 0 Å². The largest absolute Gasteiger partial charge is 0.413 e. The van der Waals surface area contributed by atoms with Crippen molar-refractivity contribution in [3.8, 4) is 0 Å². The first-order chi connectivity index (χ1) is 12.1. The number of fused-ring (bicyclic) bond motifs is 1. The van der Waals surface area contributed by atoms with Crippen LogP contribution in [-0.4, -0.2) is 30.9 Å². The standard InChI is InChI=1S/C23H40O3Si/c1-19(2,3)27(7,8)26-18-10-11-21(6)22-14-16(22)17(24)13-15(22)9-12-23(21,25)20(18,4)5/h15-16,18,25H,9-14H2,1-8H3/t15-,16+,18+,21+,22+,23+/m0/s1. The van der Waals surface area contributed by atoms with E-state index >= 15 is 0 Å². The maximum Gasteiger partial charge on any atom is 0.192 e. The predicted molar refractivity (Wildman–Crippen MR) is 111 cm³/mol. The Morgan fingerprint density at radius 3 is 2.30 bits per heavy atom. The van der Waals surface area contributed by atoms with Crippen molar-refractivity contribution in [3.63, 3.8) is 0 Å². The van der Waals surface area contributed by atoms with Crippen LogP contribution in [0.4, 0.5) is 0 Å². The van der Waals surface area contributed by atoms with E-state index in [1.165, 1.54) is 0 Å². The Balaban J connectivity index is 1.69. The van der Waals surface area contributed by atoms with Gasteiger partial charge >= 0.3 is 0 Å². The molecule has 1 spiro atoms. The molecule has 0 aromatic rings. The van der Waals surface area contributed by atoms with Crippen LogP contribution in [0, 0.1) is 28.1 Å². The van der Waals surface area contributed by atoms with Crippen LogP contribution in [0.15, 0.2) is 0 Å². The molecule has 4 rings (SSSR count). The molecule has 0 heterocycles. The van der Waals surface area contributed by atoms with Crippen LogP contribution in [0.25, 0.3) is 0 Å². The summed E-state index contributed by atoms with van der Waals surface area (Å²) < 4.78 is 6.91. The number of carbonyl (C=O) groups excluding carboxylic acids is 1. The summed E-state index contributed by atoms with van der Waals surface area (Å²) in [6.45, 7) is 18.3. The Bertz CT molecular complexity index is 678. The summed E-state index contributed by atoms with van der Waals surface area (Å²) in [6, 6.07) is 0. The zero-order chi connectivity index (χ0) is 20.3. The van der Waals surface area contributed by atoms with Crippen LogP contribution in [0.2, 0.25) is 18.1 Å². The van der Waals surface area contributed by atoms with E-state index < -0.39 is 13.9 Å². The van der Waals surface area contributed by atoms with Gasteiger partial charge in [-0.3, -0.25) is 4.79 Å². The number of aliphatic hydroxyl groups is 1. The van der Waals surface area contributed by atoms with Gasteiger partial charge in [0.2, 0.25) is 0 Å². The molecule has 0 saturated heterocycles. The molecule has 1 N–H and O–H groups in total. The van der Waals surface area contributed by atoms with Crippen LogP contribution in [-0.2, 0) is 9.22 Å². The Morgan fingerprint density at radius 2 is 1.74 bits per heavy atom. The number of ketones is 1. The molecule has 0 aliphatic heterocycles. The number of carbonyl (C=O) groups is 1. The highest BCUT2D eigenvalue weighted by Gasteiger charge is 2.82. The Morgan fingerprint density at radius 1 is 1.11 bits per heavy atom. The van der Waals surface area contributed by atoms with E-state index in [0.717, 1.165) is 38.5 Å². The predicted octanol–water partition coefficient (Wildman–Crippen LogP) is 5.32. The summed E-state index contributed by atoms with van der Waals surface area (Å²) in [5.74, 6) is 1.21. The van der Waals surface area contributed by atoms with Crippen molar-refractivity contribution in [1.82, 2.24) is 0 Å². The molecule has 0 aromatic carbocycles. The highest BCUT2D eigenvalue weighted by Crippen LogP contribution is 2.82. The van der Waals surface area contributed by atoms with Crippen LogP contribution in [0.1, 0.15) is 80.1 Å². The fraction of sp³-hybridized carbons (Fsp3) is 0.957. The smallest absolute Gasteiger partial charge is 0.192 e. The van der Waals surface area contributed by atoms with Crippen molar-refractivity contribution in [2.75, 3.05) is 0 Å². The summed E-state index contributed by atoms with van der Waals surface area (Å²) in [6.07, 6.45) is 5.71. The molecule has 0 aromatic heterocycles. The summed E-state index contributed by atoms with van der Waals surface area (Å²) >= 11 is 0. The molecule has 4 aliphatic rings. The monoisotopic (exact) mass is 392 g/mol. The van der Waals surface area contributed by atoms with Crippen LogP contribution < -0.4 is 0 Å². The van der Waals surface area contributed by atoms with Gasteiger partial charge in [-0.1, -0.05) is 41.5 Å². The van der Waals surface area contributed by atoms with Gasteiger partial charge in [-0.25, -0.2) is 0 Å². The van der Waals surface area contributed by atoms with Gasteiger partial charge in [0.05, 0.1) is 11.7 Å². The quantitative estimate of drug-likeness (QED) is 0.647. The molecule has 4 fully saturated rings. The lowest BCUT2D eigenvalue weighted by Crippen LogP contribution is -2.70. The van der Waals surface area contributed by atoms with Gasteiger partial charge in [-0.15, -0.1) is 0 Å². The second kappa shape index (κ2) is 5.29. The van der Waals surface area contributed by atoms with Gasteiger partial charge in [0.15, 0.2) is 8.32 Å². The molecular formula is C23H40O3Si. The van der Waals surface area contributed by atoms with Gasteiger partial charge in [-0.05, 0) is 61.6 Å². The molecule has 27 heavy (non-hydrogen) atoms. The zero-order valence-electron chi connectivity index (χ0n) is 18.7. The molecule has 3 nitrogen and oxygen atoms in total. The van der Waals surface area contributed by atoms with Crippen molar-refractivity contribution in [2.45, 2.75) is 110 Å². The van der Waals surface area contributed by atoms with E-state index in [0.29, 0.717) is 11.7 Å². The molecule has 6 atom stereocenters. The van der Waals surface area contributed by atoms with E-state index in [1.807, 2.05) is 0 Å². The lowest BCUT2D eigenvalue weighted by Gasteiger charge is -2.67. The first-order valence-corrected chi connectivity index (χ1v) is 14.0. The Labute approximate surface area is 166 Å². The number of rotatable bonds is 2. The maximum absolute atomic E-state index is 12.5. The van der Waals surface area contributed by atoms with Crippen LogP contribution in [0.5, 0.6) is 0 Å². The fourth-order valence-corrected chi connectivity index (χ4v) is 8.90. The SMILES string of the molecule is CC1(C)[C@H](O[Si](C)(C)C(C)(C)C)CC[C@]2(C)[C@@]34C[C@@H]3C(=O)C[C@@H]4CC[C@@]12O. The van der Waals surface area contributed by atoms with E-state index in [4.69, 9.17) is 4.43 Å². The van der Waals surface area contributed by atoms with Gasteiger partial charge in [0, 0.05) is 23.2 Å². The molecule has 0 bridgehead atoms. The molecular weight excluding hydrogens is 352 g/mol. The van der Waals surface area contributed by atoms with Gasteiger partial charge in [-0.2, -0.15) is 0 Å². The van der Waals surface area contributed by atoms with Gasteiger partial charge < -0.3 is 9.53 Å². The Kier molecular flexibility index (Phi) is 3.93. The van der Waals surface area contributed by atoms with Crippen LogP contribution in [0.3, 0.4) is 0 Å². The second-order valence-corrected chi connectivity index (χ2v) is 17.3. The summed E-state index contributed by atoms with van der Waals surface area (Å²) in [5, 5.41) is 12.5. The molecule has 0 radical (unpaired) electrons. The van der Waals surface area contributed by atoms with E-state index in [1.54, 1.807) is 0 Å². The van der Waals surface area contributed by atoms with Crippen molar-refractivity contribution in [3.05, 3.63) is 0 Å². The molecule has 0 unspecified atom stereocenters. The van der Waals surface area contributed by atoms with E-state index in [9.17, 15) is 9.90 Å². The first kappa shape index (κ1) is 20.1. The van der Waals surface area contributed by atoms with E-state index in [2.05, 4.69) is 54.6 Å². The molecule has 4 heteroatoms. The summed E-state index contributed by atoms with van der Waals surface area (Å²) in [5.41, 5.74) is -1.12. The zero-order valence-corrected chi connectivity index (χ0v) is 19.7. The lowest BCUT2D eigenvalue weighted by molar-refractivity contribution is -0.269. The maximum atomic E-state index is 12.5. The lowest BCUT2D eigenvalue weighted by atomic mass is 9.42. The number of hydrogen-bond donors (Lipinski definition) is 1.